The number of pyridine rings is 1. The number of hydrogen-bond donors (Lipinski definition) is 1. The molecule has 0 aliphatic carbocycles. The van der Waals surface area contributed by atoms with Crippen LogP contribution in [0.5, 0.6) is 5.75 Å². The van der Waals surface area contributed by atoms with Gasteiger partial charge < -0.3 is 4.74 Å². The average Bonchev–Trinajstić information content (AvgIpc) is 2.34. The molecule has 1 aromatic rings. The lowest BCUT2D eigenvalue weighted by Crippen LogP contribution is -2.00. The minimum Gasteiger partial charge on any atom is -0.485 e. The van der Waals surface area contributed by atoms with Gasteiger partial charge in [-0.15, -0.1) is 0 Å². The first-order chi connectivity index (χ1) is 4.88. The van der Waals surface area contributed by atoms with E-state index in [9.17, 15) is 0 Å². The zero-order valence-electron chi connectivity index (χ0n) is 5.29. The molecule has 0 fully saturated rings. The van der Waals surface area contributed by atoms with Gasteiger partial charge in [0.2, 0.25) is 0 Å². The number of ether oxygens (including phenoxy) is 1. The van der Waals surface area contributed by atoms with E-state index in [-0.39, 0.29) is 0 Å². The summed E-state index contributed by atoms with van der Waals surface area (Å²) in [5.41, 5.74) is 1.15. The Morgan fingerprint density at radius 1 is 1.60 bits per heavy atom. The Labute approximate surface area is 58.2 Å². The standard InChI is InChI=1S/C7H6N2O/c8-5-4-10-6-2-1-3-9-7(5)6/h1-3,8H,4H2. The summed E-state index contributed by atoms with van der Waals surface area (Å²) in [6.45, 7) is 0.367. The van der Waals surface area contributed by atoms with E-state index in [1.165, 1.54) is 0 Å². The van der Waals surface area contributed by atoms with Crippen molar-refractivity contribution in [3.63, 3.8) is 0 Å². The Hall–Kier alpha value is -1.38. The van der Waals surface area contributed by atoms with Crippen molar-refractivity contribution in [2.45, 2.75) is 0 Å². The van der Waals surface area contributed by atoms with Gasteiger partial charge in [-0.3, -0.25) is 10.4 Å². The van der Waals surface area contributed by atoms with Crippen molar-refractivity contribution in [2.75, 3.05) is 6.61 Å². The van der Waals surface area contributed by atoms with Crippen molar-refractivity contribution < 1.29 is 4.74 Å². The van der Waals surface area contributed by atoms with Crippen LogP contribution in [0, 0.1) is 5.41 Å². The molecule has 1 aromatic heterocycles. The molecule has 2 heterocycles. The van der Waals surface area contributed by atoms with Gasteiger partial charge in [-0.05, 0) is 12.1 Å². The van der Waals surface area contributed by atoms with E-state index in [1.54, 1.807) is 12.3 Å². The molecular formula is C7H6N2O. The molecule has 0 amide bonds. The van der Waals surface area contributed by atoms with Crippen molar-refractivity contribution in [3.05, 3.63) is 24.0 Å². The van der Waals surface area contributed by atoms with E-state index in [0.29, 0.717) is 18.0 Å². The molecule has 0 unspecified atom stereocenters. The third kappa shape index (κ3) is 0.603. The highest BCUT2D eigenvalue weighted by Gasteiger charge is 2.17. The molecule has 0 bridgehead atoms. The first-order valence-corrected chi connectivity index (χ1v) is 3.03. The molecule has 2 rings (SSSR count). The molecular weight excluding hydrogens is 128 g/mol. The quantitative estimate of drug-likeness (QED) is 0.571. The fourth-order valence-electron chi connectivity index (χ4n) is 0.952. The zero-order chi connectivity index (χ0) is 6.97. The molecule has 10 heavy (non-hydrogen) atoms. The van der Waals surface area contributed by atoms with Crippen LogP contribution in [0.4, 0.5) is 0 Å². The predicted octanol–water partition coefficient (Wildman–Crippen LogP) is 0.842. The fraction of sp³-hybridized carbons (Fsp3) is 0.143. The van der Waals surface area contributed by atoms with Gasteiger partial charge in [-0.2, -0.15) is 0 Å². The second-order valence-corrected chi connectivity index (χ2v) is 2.12. The monoisotopic (exact) mass is 134 g/mol. The number of aromatic nitrogens is 1. The number of nitrogens with zero attached hydrogens (tertiary/aromatic N) is 1. The van der Waals surface area contributed by atoms with Gasteiger partial charge in [0.15, 0.2) is 0 Å². The third-order valence-corrected chi connectivity index (χ3v) is 1.43. The summed E-state index contributed by atoms with van der Waals surface area (Å²) < 4.78 is 5.12. The Bertz CT molecular complexity index is 283. The predicted molar refractivity (Wildman–Crippen MR) is 36.6 cm³/mol. The van der Waals surface area contributed by atoms with Crippen molar-refractivity contribution in [2.24, 2.45) is 0 Å². The Morgan fingerprint density at radius 3 is 3.30 bits per heavy atom. The highest BCUT2D eigenvalue weighted by molar-refractivity contribution is 6.02. The van der Waals surface area contributed by atoms with Gasteiger partial charge >= 0.3 is 0 Å². The molecule has 0 spiro atoms. The highest BCUT2D eigenvalue weighted by atomic mass is 16.5. The minimum absolute atomic E-state index is 0.367. The summed E-state index contributed by atoms with van der Waals surface area (Å²) in [6, 6.07) is 3.63. The van der Waals surface area contributed by atoms with E-state index in [2.05, 4.69) is 4.98 Å². The number of rotatable bonds is 0. The largest absolute Gasteiger partial charge is 0.485 e. The smallest absolute Gasteiger partial charge is 0.147 e. The molecule has 0 aromatic carbocycles. The average molecular weight is 134 g/mol. The maximum Gasteiger partial charge on any atom is 0.147 e. The van der Waals surface area contributed by atoms with Crippen LogP contribution in [0.2, 0.25) is 0 Å². The summed E-state index contributed by atoms with van der Waals surface area (Å²) in [7, 11) is 0. The molecule has 0 atom stereocenters. The molecule has 0 saturated heterocycles. The van der Waals surface area contributed by atoms with Crippen LogP contribution >= 0.6 is 0 Å². The lowest BCUT2D eigenvalue weighted by molar-refractivity contribution is 0.392. The van der Waals surface area contributed by atoms with Crippen LogP contribution < -0.4 is 4.74 Å². The maximum absolute atomic E-state index is 7.34. The molecule has 1 aliphatic heterocycles. The van der Waals surface area contributed by atoms with Crippen LogP contribution in [0.3, 0.4) is 0 Å². The van der Waals surface area contributed by atoms with E-state index >= 15 is 0 Å². The van der Waals surface area contributed by atoms with Crippen LogP contribution in [0.25, 0.3) is 0 Å². The normalized spacial score (nSPS) is 14.6. The van der Waals surface area contributed by atoms with Gasteiger partial charge in [0.25, 0.3) is 0 Å². The molecule has 0 saturated carbocycles. The van der Waals surface area contributed by atoms with Gasteiger partial charge in [-0.25, -0.2) is 0 Å². The van der Waals surface area contributed by atoms with Crippen molar-refractivity contribution >= 4 is 5.71 Å². The van der Waals surface area contributed by atoms with Crippen LogP contribution in [0.15, 0.2) is 18.3 Å². The Morgan fingerprint density at radius 2 is 2.50 bits per heavy atom. The third-order valence-electron chi connectivity index (χ3n) is 1.43. The Balaban J connectivity index is 2.61. The van der Waals surface area contributed by atoms with Gasteiger partial charge in [0, 0.05) is 6.20 Å². The molecule has 3 heteroatoms. The van der Waals surface area contributed by atoms with E-state index in [4.69, 9.17) is 10.1 Å². The molecule has 50 valence electrons. The second-order valence-electron chi connectivity index (χ2n) is 2.12. The minimum atomic E-state index is 0.367. The molecule has 1 N–H and O–H groups in total. The van der Waals surface area contributed by atoms with Crippen LogP contribution in [0.1, 0.15) is 5.69 Å². The summed E-state index contributed by atoms with van der Waals surface area (Å²) in [6.07, 6.45) is 1.67. The number of nitrogens with one attached hydrogen (secondary N) is 1. The lowest BCUT2D eigenvalue weighted by Gasteiger charge is -1.91. The molecule has 0 radical (unpaired) electrons. The number of fused-ring (bicyclic) bond motifs is 1. The maximum atomic E-state index is 7.34. The first-order valence-electron chi connectivity index (χ1n) is 3.03. The van der Waals surface area contributed by atoms with Crippen LogP contribution in [-0.4, -0.2) is 17.3 Å². The highest BCUT2D eigenvalue weighted by Crippen LogP contribution is 2.20. The Kier molecular flexibility index (Phi) is 0.974. The fourth-order valence-corrected chi connectivity index (χ4v) is 0.952. The van der Waals surface area contributed by atoms with Crippen molar-refractivity contribution in [3.8, 4) is 5.75 Å². The molecule has 1 aliphatic rings. The zero-order valence-corrected chi connectivity index (χ0v) is 5.29. The topological polar surface area (TPSA) is 46.0 Å². The number of hydrogen-bond acceptors (Lipinski definition) is 3. The summed E-state index contributed by atoms with van der Waals surface area (Å²) in [5.74, 6) is 0.729. The molecule has 3 nitrogen and oxygen atoms in total. The van der Waals surface area contributed by atoms with Gasteiger partial charge in [0.05, 0.1) is 5.71 Å². The summed E-state index contributed by atoms with van der Waals surface area (Å²) in [4.78, 5) is 3.99. The van der Waals surface area contributed by atoms with E-state index < -0.39 is 0 Å². The van der Waals surface area contributed by atoms with Gasteiger partial charge in [-0.1, -0.05) is 0 Å². The first kappa shape index (κ1) is 5.41. The van der Waals surface area contributed by atoms with Crippen LogP contribution in [-0.2, 0) is 0 Å². The van der Waals surface area contributed by atoms with Crippen molar-refractivity contribution in [1.29, 1.82) is 5.41 Å². The summed E-state index contributed by atoms with van der Waals surface area (Å²) >= 11 is 0. The van der Waals surface area contributed by atoms with Crippen molar-refractivity contribution in [1.82, 2.24) is 4.98 Å². The summed E-state index contributed by atoms with van der Waals surface area (Å²) in [5, 5.41) is 7.34. The van der Waals surface area contributed by atoms with E-state index in [1.807, 2.05) is 6.07 Å². The SMILES string of the molecule is N=C1COc2cccnc21. The van der Waals surface area contributed by atoms with Gasteiger partial charge in [0.1, 0.15) is 18.1 Å². The van der Waals surface area contributed by atoms with E-state index in [0.717, 1.165) is 5.75 Å². The lowest BCUT2D eigenvalue weighted by atomic mass is 10.3. The second kappa shape index (κ2) is 1.80.